The molecule has 24 heavy (non-hydrogen) atoms. The lowest BCUT2D eigenvalue weighted by molar-refractivity contribution is -0.385. The first kappa shape index (κ1) is 16.7. The van der Waals surface area contributed by atoms with Gasteiger partial charge in [-0.2, -0.15) is 0 Å². The fraction of sp³-hybridized carbons (Fsp3) is 0.0625. The molecule has 0 unspecified atom stereocenters. The van der Waals surface area contributed by atoms with Gasteiger partial charge in [0, 0.05) is 17.0 Å². The van der Waals surface area contributed by atoms with E-state index in [9.17, 15) is 10.1 Å². The van der Waals surface area contributed by atoms with Crippen molar-refractivity contribution in [1.29, 1.82) is 0 Å². The Balaban J connectivity index is 1.88. The van der Waals surface area contributed by atoms with Crippen LogP contribution in [0.25, 0.3) is 11.3 Å². The summed E-state index contributed by atoms with van der Waals surface area (Å²) in [6.07, 6.45) is 0. The van der Waals surface area contributed by atoms with Crippen LogP contribution in [-0.2, 0) is 0 Å². The summed E-state index contributed by atoms with van der Waals surface area (Å²) in [4.78, 5) is 15.2. The molecule has 122 valence electrons. The number of hydrogen-bond donors (Lipinski definition) is 1. The van der Waals surface area contributed by atoms with Crippen LogP contribution in [0.3, 0.4) is 0 Å². The number of nitrogens with zero attached hydrogens (tertiary/aromatic N) is 2. The van der Waals surface area contributed by atoms with E-state index in [4.69, 9.17) is 4.74 Å². The monoisotopic (exact) mass is 453 g/mol. The van der Waals surface area contributed by atoms with Crippen LogP contribution in [0.4, 0.5) is 16.5 Å². The number of halogens is 1. The lowest BCUT2D eigenvalue weighted by Crippen LogP contribution is -1.94. The molecule has 0 amide bonds. The number of hydrogen-bond acceptors (Lipinski definition) is 6. The van der Waals surface area contributed by atoms with Crippen molar-refractivity contribution in [2.45, 2.75) is 0 Å². The molecule has 0 saturated heterocycles. The maximum Gasteiger partial charge on any atom is 0.283 e. The Labute approximate surface area is 155 Å². The number of anilines is 2. The zero-order chi connectivity index (χ0) is 17.1. The van der Waals surface area contributed by atoms with E-state index in [1.165, 1.54) is 11.3 Å². The van der Waals surface area contributed by atoms with Gasteiger partial charge in [0.25, 0.3) is 5.69 Å². The second kappa shape index (κ2) is 7.14. The summed E-state index contributed by atoms with van der Waals surface area (Å²) in [6.45, 7) is 0. The Hall–Kier alpha value is -2.20. The Bertz CT molecular complexity index is 898. The molecule has 0 saturated carbocycles. The fourth-order valence-corrected chi connectivity index (χ4v) is 3.40. The van der Waals surface area contributed by atoms with Gasteiger partial charge < -0.3 is 10.1 Å². The molecule has 1 aromatic heterocycles. The molecule has 0 radical (unpaired) electrons. The second-order valence-electron chi connectivity index (χ2n) is 4.79. The van der Waals surface area contributed by atoms with Gasteiger partial charge in [-0.15, -0.1) is 11.3 Å². The van der Waals surface area contributed by atoms with Gasteiger partial charge in [0.15, 0.2) is 5.13 Å². The number of ether oxygens (including phenoxy) is 1. The number of methoxy groups -OCH3 is 1. The topological polar surface area (TPSA) is 77.3 Å². The smallest absolute Gasteiger partial charge is 0.283 e. The van der Waals surface area contributed by atoms with Gasteiger partial charge in [-0.05, 0) is 40.8 Å². The van der Waals surface area contributed by atoms with E-state index >= 15 is 0 Å². The molecule has 1 N–H and O–H groups in total. The number of rotatable bonds is 5. The molecule has 8 heteroatoms. The summed E-state index contributed by atoms with van der Waals surface area (Å²) in [5.74, 6) is 0.721. The Morgan fingerprint density at radius 3 is 2.83 bits per heavy atom. The van der Waals surface area contributed by atoms with Crippen LogP contribution in [0.2, 0.25) is 0 Å². The first-order chi connectivity index (χ1) is 11.6. The average molecular weight is 453 g/mol. The molecule has 6 nitrogen and oxygen atoms in total. The van der Waals surface area contributed by atoms with Crippen LogP contribution in [0.15, 0.2) is 47.8 Å². The molecule has 0 aliphatic heterocycles. The van der Waals surface area contributed by atoms with E-state index < -0.39 is 0 Å². The molecule has 3 rings (SSSR count). The summed E-state index contributed by atoms with van der Waals surface area (Å²) in [5, 5.41) is 16.8. The van der Waals surface area contributed by atoms with Gasteiger partial charge in [-0.1, -0.05) is 18.2 Å². The van der Waals surface area contributed by atoms with E-state index in [1.54, 1.807) is 19.2 Å². The van der Waals surface area contributed by atoms with Gasteiger partial charge in [0.1, 0.15) is 5.75 Å². The molecule has 0 aliphatic carbocycles. The first-order valence-electron chi connectivity index (χ1n) is 6.88. The van der Waals surface area contributed by atoms with Crippen molar-refractivity contribution >= 4 is 50.4 Å². The molecule has 2 aromatic carbocycles. The maximum absolute atomic E-state index is 11.1. The van der Waals surface area contributed by atoms with Crippen molar-refractivity contribution < 1.29 is 9.66 Å². The quantitative estimate of drug-likeness (QED) is 0.332. The fourth-order valence-electron chi connectivity index (χ4n) is 2.14. The van der Waals surface area contributed by atoms with Crippen molar-refractivity contribution in [3.8, 4) is 17.0 Å². The number of para-hydroxylation sites is 2. The first-order valence-corrected chi connectivity index (χ1v) is 8.84. The Kier molecular flexibility index (Phi) is 4.95. The van der Waals surface area contributed by atoms with Crippen molar-refractivity contribution in [2.24, 2.45) is 0 Å². The molecule has 0 fully saturated rings. The van der Waals surface area contributed by atoms with Crippen LogP contribution in [-0.4, -0.2) is 17.0 Å². The van der Waals surface area contributed by atoms with Crippen molar-refractivity contribution in [2.75, 3.05) is 12.4 Å². The number of nitrogens with one attached hydrogen (secondary N) is 1. The third kappa shape index (κ3) is 3.49. The predicted molar refractivity (Wildman–Crippen MR) is 103 cm³/mol. The summed E-state index contributed by atoms with van der Waals surface area (Å²) < 4.78 is 5.90. The highest BCUT2D eigenvalue weighted by molar-refractivity contribution is 14.1. The third-order valence-corrected chi connectivity index (χ3v) is 4.96. The van der Waals surface area contributed by atoms with Gasteiger partial charge >= 0.3 is 0 Å². The molecular weight excluding hydrogens is 441 g/mol. The van der Waals surface area contributed by atoms with E-state index in [2.05, 4.69) is 10.3 Å². The van der Waals surface area contributed by atoms with Crippen molar-refractivity contribution in [1.82, 2.24) is 4.98 Å². The molecule has 0 bridgehead atoms. The van der Waals surface area contributed by atoms with Crippen LogP contribution in [0, 0.1) is 13.7 Å². The summed E-state index contributed by atoms with van der Waals surface area (Å²) in [6, 6.07) is 12.7. The lowest BCUT2D eigenvalue weighted by Gasteiger charge is -2.08. The summed E-state index contributed by atoms with van der Waals surface area (Å²) >= 11 is 3.38. The molecular formula is C16H12IN3O3S. The summed E-state index contributed by atoms with van der Waals surface area (Å²) in [7, 11) is 1.61. The number of thiazole rings is 1. The highest BCUT2D eigenvalue weighted by Crippen LogP contribution is 2.33. The highest BCUT2D eigenvalue weighted by Gasteiger charge is 2.15. The van der Waals surface area contributed by atoms with Crippen LogP contribution >= 0.6 is 33.9 Å². The largest absolute Gasteiger partial charge is 0.495 e. The SMILES string of the molecule is COc1ccccc1Nc1nc(-c2ccc(I)c([N+](=O)[O-])c2)cs1. The minimum Gasteiger partial charge on any atom is -0.495 e. The normalized spacial score (nSPS) is 10.4. The average Bonchev–Trinajstić information content (AvgIpc) is 3.04. The zero-order valence-electron chi connectivity index (χ0n) is 12.5. The molecule has 0 aliphatic rings. The van der Waals surface area contributed by atoms with Crippen LogP contribution in [0.1, 0.15) is 0 Å². The van der Waals surface area contributed by atoms with Crippen molar-refractivity contribution in [3.63, 3.8) is 0 Å². The Morgan fingerprint density at radius 1 is 1.29 bits per heavy atom. The number of aromatic nitrogens is 1. The van der Waals surface area contributed by atoms with Gasteiger partial charge in [0.2, 0.25) is 0 Å². The Morgan fingerprint density at radius 2 is 2.08 bits per heavy atom. The zero-order valence-corrected chi connectivity index (χ0v) is 15.5. The molecule has 3 aromatic rings. The van der Waals surface area contributed by atoms with Gasteiger partial charge in [-0.3, -0.25) is 10.1 Å². The third-order valence-electron chi connectivity index (χ3n) is 3.29. The lowest BCUT2D eigenvalue weighted by atomic mass is 10.1. The predicted octanol–water partition coefficient (Wildman–Crippen LogP) is 5.08. The molecule has 1 heterocycles. The van der Waals surface area contributed by atoms with Crippen LogP contribution in [0.5, 0.6) is 5.75 Å². The van der Waals surface area contributed by atoms with Gasteiger partial charge in [0.05, 0.1) is 27.0 Å². The van der Waals surface area contributed by atoms with E-state index in [0.29, 0.717) is 20.0 Å². The minimum absolute atomic E-state index is 0.0836. The maximum atomic E-state index is 11.1. The number of nitro groups is 1. The standard InChI is InChI=1S/C16H12IN3O3S/c1-23-15-5-3-2-4-12(15)18-16-19-13(9-24-16)10-6-7-11(17)14(8-10)20(21)22/h2-9H,1H3,(H,18,19). The van der Waals surface area contributed by atoms with E-state index in [0.717, 1.165) is 11.4 Å². The highest BCUT2D eigenvalue weighted by atomic mass is 127. The minimum atomic E-state index is -0.383. The number of nitro benzene ring substituents is 1. The van der Waals surface area contributed by atoms with E-state index in [-0.39, 0.29) is 10.6 Å². The van der Waals surface area contributed by atoms with Gasteiger partial charge in [-0.25, -0.2) is 4.98 Å². The second-order valence-corrected chi connectivity index (χ2v) is 6.81. The van der Waals surface area contributed by atoms with Crippen LogP contribution < -0.4 is 10.1 Å². The summed E-state index contributed by atoms with van der Waals surface area (Å²) in [5.41, 5.74) is 2.30. The molecule has 0 spiro atoms. The van der Waals surface area contributed by atoms with E-state index in [1.807, 2.05) is 58.3 Å². The number of benzene rings is 2. The van der Waals surface area contributed by atoms with Crippen molar-refractivity contribution in [3.05, 3.63) is 61.5 Å². The molecule has 0 atom stereocenters.